The topological polar surface area (TPSA) is 83.8 Å². The third-order valence-electron chi connectivity index (χ3n) is 5.15. The minimum Gasteiger partial charge on any atom is -0.490 e. The van der Waals surface area contributed by atoms with E-state index in [2.05, 4.69) is 10.4 Å². The molecule has 8 nitrogen and oxygen atoms in total. The van der Waals surface area contributed by atoms with Crippen LogP contribution in [0.4, 0.5) is 0 Å². The van der Waals surface area contributed by atoms with Gasteiger partial charge in [-0.25, -0.2) is 0 Å². The number of fused-ring (bicyclic) bond motifs is 2. The minimum absolute atomic E-state index is 0.224. The zero-order chi connectivity index (χ0) is 21.2. The first-order valence-corrected chi connectivity index (χ1v) is 10.3. The highest BCUT2D eigenvalue weighted by Crippen LogP contribution is 2.35. The molecule has 0 unspecified atom stereocenters. The van der Waals surface area contributed by atoms with Crippen molar-refractivity contribution in [3.8, 4) is 34.3 Å². The van der Waals surface area contributed by atoms with Crippen LogP contribution in [-0.2, 0) is 7.05 Å². The highest BCUT2D eigenvalue weighted by atomic mass is 16.6. The Kier molecular flexibility index (Phi) is 5.11. The van der Waals surface area contributed by atoms with E-state index in [0.717, 1.165) is 12.0 Å². The second-order valence-electron chi connectivity index (χ2n) is 7.48. The van der Waals surface area contributed by atoms with Crippen molar-refractivity contribution in [1.29, 1.82) is 0 Å². The number of nitrogens with one attached hydrogen (secondary N) is 1. The number of carbonyl (C=O) groups excluding carboxylic acids is 1. The fourth-order valence-electron chi connectivity index (χ4n) is 3.64. The lowest BCUT2D eigenvalue weighted by atomic mass is 10.1. The molecule has 0 saturated heterocycles. The van der Waals surface area contributed by atoms with Crippen molar-refractivity contribution in [3.05, 3.63) is 54.2 Å². The molecular formula is C23H23N3O5. The lowest BCUT2D eigenvalue weighted by molar-refractivity contribution is 0.0789. The lowest BCUT2D eigenvalue weighted by Gasteiger charge is -2.26. The summed E-state index contributed by atoms with van der Waals surface area (Å²) < 4.78 is 24.7. The van der Waals surface area contributed by atoms with Gasteiger partial charge in [-0.3, -0.25) is 9.48 Å². The van der Waals surface area contributed by atoms with Gasteiger partial charge in [-0.15, -0.1) is 0 Å². The third-order valence-corrected chi connectivity index (χ3v) is 5.15. The summed E-state index contributed by atoms with van der Waals surface area (Å²) in [4.78, 5) is 13.0. The van der Waals surface area contributed by atoms with Crippen LogP contribution in [0.2, 0.25) is 0 Å². The Morgan fingerprint density at radius 1 is 1.06 bits per heavy atom. The maximum atomic E-state index is 13.0. The Labute approximate surface area is 179 Å². The van der Waals surface area contributed by atoms with Crippen molar-refractivity contribution in [3.63, 3.8) is 0 Å². The first-order valence-electron chi connectivity index (χ1n) is 10.3. The molecule has 5 rings (SSSR count). The molecule has 8 heteroatoms. The maximum Gasteiger partial charge on any atom is 0.255 e. The van der Waals surface area contributed by atoms with Gasteiger partial charge in [0, 0.05) is 25.2 Å². The van der Waals surface area contributed by atoms with Gasteiger partial charge < -0.3 is 24.3 Å². The molecule has 1 N–H and O–H groups in total. The van der Waals surface area contributed by atoms with Crippen LogP contribution in [0.15, 0.2) is 48.7 Å². The smallest absolute Gasteiger partial charge is 0.255 e. The normalized spacial score (nSPS) is 17.0. The van der Waals surface area contributed by atoms with Crippen LogP contribution >= 0.6 is 0 Å². The molecule has 0 aliphatic carbocycles. The molecule has 2 aromatic carbocycles. The number of hydrogen-bond donors (Lipinski definition) is 1. The van der Waals surface area contributed by atoms with E-state index in [1.807, 2.05) is 42.5 Å². The number of benzene rings is 2. The zero-order valence-corrected chi connectivity index (χ0v) is 17.2. The van der Waals surface area contributed by atoms with Gasteiger partial charge in [0.2, 0.25) is 0 Å². The zero-order valence-electron chi connectivity index (χ0n) is 17.2. The molecule has 0 spiro atoms. The molecular weight excluding hydrogens is 398 g/mol. The highest BCUT2D eigenvalue weighted by Gasteiger charge is 2.24. The summed E-state index contributed by atoms with van der Waals surface area (Å²) >= 11 is 0. The standard InChI is InChI=1S/C23H23N3O5/c1-26-13-17(22(25-26)15-7-8-19-21(11-15)29-10-4-9-28-19)23(27)24-12-16-14-30-18-5-2-3-6-20(18)31-16/h2-3,5-8,11,13,16H,4,9-10,12,14H2,1H3,(H,24,27)/t16-/m0/s1. The minimum atomic E-state index is -0.267. The van der Waals surface area contributed by atoms with Crippen molar-refractivity contribution in [2.75, 3.05) is 26.4 Å². The van der Waals surface area contributed by atoms with Crippen LogP contribution in [0, 0.1) is 0 Å². The number of para-hydroxylation sites is 2. The Bertz CT molecular complexity index is 1110. The van der Waals surface area contributed by atoms with Crippen molar-refractivity contribution in [2.24, 2.45) is 7.05 Å². The Morgan fingerprint density at radius 2 is 1.84 bits per heavy atom. The van der Waals surface area contributed by atoms with Gasteiger partial charge in [0.1, 0.15) is 18.4 Å². The van der Waals surface area contributed by atoms with E-state index in [9.17, 15) is 4.79 Å². The molecule has 1 atom stereocenters. The van der Waals surface area contributed by atoms with E-state index in [1.54, 1.807) is 17.9 Å². The molecule has 31 heavy (non-hydrogen) atoms. The van der Waals surface area contributed by atoms with Gasteiger partial charge >= 0.3 is 0 Å². The number of nitrogens with zero attached hydrogens (tertiary/aromatic N) is 2. The number of hydrogen-bond acceptors (Lipinski definition) is 6. The molecule has 3 aromatic rings. The van der Waals surface area contributed by atoms with Crippen molar-refractivity contribution in [1.82, 2.24) is 15.1 Å². The number of aromatic nitrogens is 2. The summed E-state index contributed by atoms with van der Waals surface area (Å²) in [7, 11) is 1.79. The molecule has 160 valence electrons. The molecule has 0 saturated carbocycles. The van der Waals surface area contributed by atoms with Crippen LogP contribution in [0.5, 0.6) is 23.0 Å². The molecule has 0 fully saturated rings. The Morgan fingerprint density at radius 3 is 2.71 bits per heavy atom. The summed E-state index contributed by atoms with van der Waals surface area (Å²) in [6.45, 7) is 1.92. The molecule has 2 aliphatic rings. The Balaban J connectivity index is 1.31. The fraction of sp³-hybridized carbons (Fsp3) is 0.304. The lowest BCUT2D eigenvalue weighted by Crippen LogP contribution is -2.40. The molecule has 2 aliphatic heterocycles. The number of amides is 1. The molecule has 1 amide bonds. The van der Waals surface area contributed by atoms with Crippen LogP contribution in [0.3, 0.4) is 0 Å². The molecule has 3 heterocycles. The summed E-state index contributed by atoms with van der Waals surface area (Å²) in [6, 6.07) is 13.1. The van der Waals surface area contributed by atoms with Crippen molar-refractivity contribution in [2.45, 2.75) is 12.5 Å². The maximum absolute atomic E-state index is 13.0. The second kappa shape index (κ2) is 8.22. The predicted molar refractivity (Wildman–Crippen MR) is 113 cm³/mol. The van der Waals surface area contributed by atoms with Crippen LogP contribution in [0.25, 0.3) is 11.3 Å². The van der Waals surface area contributed by atoms with Crippen molar-refractivity contribution >= 4 is 5.91 Å². The largest absolute Gasteiger partial charge is 0.490 e. The quantitative estimate of drug-likeness (QED) is 0.698. The molecule has 0 bridgehead atoms. The fourth-order valence-corrected chi connectivity index (χ4v) is 3.64. The van der Waals surface area contributed by atoms with E-state index < -0.39 is 0 Å². The van der Waals surface area contributed by atoms with Crippen LogP contribution in [-0.4, -0.2) is 48.2 Å². The number of ether oxygens (including phenoxy) is 4. The third kappa shape index (κ3) is 4.01. The van der Waals surface area contributed by atoms with Gasteiger partial charge in [-0.05, 0) is 30.3 Å². The van der Waals surface area contributed by atoms with E-state index in [4.69, 9.17) is 18.9 Å². The van der Waals surface area contributed by atoms with E-state index >= 15 is 0 Å². The average molecular weight is 421 g/mol. The van der Waals surface area contributed by atoms with Gasteiger partial charge in [-0.2, -0.15) is 5.10 Å². The number of aryl methyl sites for hydroxylation is 1. The summed E-state index contributed by atoms with van der Waals surface area (Å²) in [5.74, 6) is 2.55. The number of carbonyl (C=O) groups is 1. The number of rotatable bonds is 4. The highest BCUT2D eigenvalue weighted by molar-refractivity contribution is 6.00. The SMILES string of the molecule is Cn1cc(C(=O)NC[C@H]2COc3ccccc3O2)c(-c2ccc3c(c2)OCCCO3)n1. The molecule has 0 radical (unpaired) electrons. The van der Waals surface area contributed by atoms with Gasteiger partial charge in [0.05, 0.1) is 25.3 Å². The van der Waals surface area contributed by atoms with E-state index in [1.165, 1.54) is 0 Å². The monoisotopic (exact) mass is 421 g/mol. The average Bonchev–Trinajstić information content (AvgIpc) is 3.03. The molecule has 1 aromatic heterocycles. The first kappa shape index (κ1) is 19.3. The van der Waals surface area contributed by atoms with Gasteiger partial charge in [-0.1, -0.05) is 12.1 Å². The first-order chi connectivity index (χ1) is 15.2. The van der Waals surface area contributed by atoms with Gasteiger partial charge in [0.15, 0.2) is 23.0 Å². The van der Waals surface area contributed by atoms with Crippen LogP contribution < -0.4 is 24.3 Å². The van der Waals surface area contributed by atoms with E-state index in [-0.39, 0.29) is 12.0 Å². The van der Waals surface area contributed by atoms with E-state index in [0.29, 0.717) is 60.6 Å². The van der Waals surface area contributed by atoms with Crippen molar-refractivity contribution < 1.29 is 23.7 Å². The van der Waals surface area contributed by atoms with Gasteiger partial charge in [0.25, 0.3) is 5.91 Å². The summed E-state index contributed by atoms with van der Waals surface area (Å²) in [5.41, 5.74) is 1.86. The summed E-state index contributed by atoms with van der Waals surface area (Å²) in [5, 5.41) is 7.44. The second-order valence-corrected chi connectivity index (χ2v) is 7.48. The predicted octanol–water partition coefficient (Wildman–Crippen LogP) is 2.82. The summed E-state index contributed by atoms with van der Waals surface area (Å²) in [6.07, 6.45) is 2.27. The van der Waals surface area contributed by atoms with Crippen LogP contribution in [0.1, 0.15) is 16.8 Å². The Hall–Kier alpha value is -3.68.